The van der Waals surface area contributed by atoms with E-state index in [0.29, 0.717) is 5.56 Å². The summed E-state index contributed by atoms with van der Waals surface area (Å²) >= 11 is 0. The van der Waals surface area contributed by atoms with Gasteiger partial charge in [-0.05, 0) is 38.5 Å². The third-order valence-corrected chi connectivity index (χ3v) is 3.63. The minimum atomic E-state index is -3.47. The molecule has 0 saturated carbocycles. The first-order chi connectivity index (χ1) is 7.24. The molecule has 2 N–H and O–H groups in total. The lowest BCUT2D eigenvalue weighted by molar-refractivity contribution is 0.282. The molecule has 0 aliphatic carbocycles. The molecule has 1 aromatic carbocycles. The van der Waals surface area contributed by atoms with Crippen molar-refractivity contribution in [1.82, 2.24) is 4.72 Å². The Hall–Kier alpha value is -0.910. The fourth-order valence-electron chi connectivity index (χ4n) is 1.24. The number of sulfonamides is 1. The maximum Gasteiger partial charge on any atom is 0.241 e. The van der Waals surface area contributed by atoms with Crippen LogP contribution in [0.3, 0.4) is 0 Å². The molecule has 0 radical (unpaired) electrons. The van der Waals surface area contributed by atoms with Crippen LogP contribution in [0.4, 0.5) is 0 Å². The molecule has 0 unspecified atom stereocenters. The van der Waals surface area contributed by atoms with Crippen molar-refractivity contribution in [2.45, 2.75) is 37.8 Å². The fraction of sp³-hybridized carbons (Fsp3) is 0.455. The molecule has 16 heavy (non-hydrogen) atoms. The Balaban J connectivity index is 2.99. The summed E-state index contributed by atoms with van der Waals surface area (Å²) < 4.78 is 26.3. The number of nitrogens with one attached hydrogen (secondary N) is 1. The van der Waals surface area contributed by atoms with Crippen molar-refractivity contribution in [3.05, 3.63) is 29.8 Å². The van der Waals surface area contributed by atoms with Crippen LogP contribution in [-0.4, -0.2) is 19.1 Å². The quantitative estimate of drug-likeness (QED) is 0.839. The minimum Gasteiger partial charge on any atom is -0.392 e. The van der Waals surface area contributed by atoms with Crippen molar-refractivity contribution in [3.8, 4) is 0 Å². The molecule has 0 amide bonds. The van der Waals surface area contributed by atoms with E-state index in [-0.39, 0.29) is 11.5 Å². The number of aliphatic hydroxyl groups is 1. The van der Waals surface area contributed by atoms with E-state index in [1.165, 1.54) is 12.1 Å². The average molecular weight is 243 g/mol. The van der Waals surface area contributed by atoms with Gasteiger partial charge in [0.1, 0.15) is 0 Å². The Labute approximate surface area is 96.4 Å². The monoisotopic (exact) mass is 243 g/mol. The Morgan fingerprint density at radius 3 is 2.06 bits per heavy atom. The highest BCUT2D eigenvalue weighted by Gasteiger charge is 2.21. The van der Waals surface area contributed by atoms with Gasteiger partial charge in [0.25, 0.3) is 0 Å². The zero-order valence-electron chi connectivity index (χ0n) is 9.69. The van der Waals surface area contributed by atoms with Crippen LogP contribution in [0.15, 0.2) is 29.2 Å². The largest absolute Gasteiger partial charge is 0.392 e. The molecule has 1 aromatic rings. The SMILES string of the molecule is CC(C)(C)NS(=O)(=O)c1ccc(CO)cc1. The van der Waals surface area contributed by atoms with E-state index in [0.717, 1.165) is 0 Å². The summed E-state index contributed by atoms with van der Waals surface area (Å²) in [5.41, 5.74) is 0.184. The number of hydrogen-bond acceptors (Lipinski definition) is 3. The first-order valence-electron chi connectivity index (χ1n) is 4.98. The van der Waals surface area contributed by atoms with Crippen LogP contribution in [0.25, 0.3) is 0 Å². The van der Waals surface area contributed by atoms with Crippen LogP contribution in [0.2, 0.25) is 0 Å². The van der Waals surface area contributed by atoms with Gasteiger partial charge in [0.2, 0.25) is 10.0 Å². The molecule has 5 heteroatoms. The van der Waals surface area contributed by atoms with Crippen LogP contribution < -0.4 is 4.72 Å². The smallest absolute Gasteiger partial charge is 0.241 e. The van der Waals surface area contributed by atoms with Gasteiger partial charge < -0.3 is 5.11 Å². The van der Waals surface area contributed by atoms with Gasteiger partial charge in [-0.25, -0.2) is 13.1 Å². The first kappa shape index (κ1) is 13.2. The van der Waals surface area contributed by atoms with E-state index >= 15 is 0 Å². The summed E-state index contributed by atoms with van der Waals surface area (Å²) in [4.78, 5) is 0.208. The van der Waals surface area contributed by atoms with Crippen LogP contribution in [0.5, 0.6) is 0 Å². The molecule has 0 fully saturated rings. The normalized spacial score (nSPS) is 12.8. The summed E-state index contributed by atoms with van der Waals surface area (Å²) in [5.74, 6) is 0. The molecular formula is C11H17NO3S. The maximum atomic E-state index is 11.9. The fourth-order valence-corrected chi connectivity index (χ4v) is 2.65. The Bertz CT molecular complexity index is 443. The summed E-state index contributed by atoms with van der Waals surface area (Å²) in [6.07, 6.45) is 0. The third kappa shape index (κ3) is 3.59. The highest BCUT2D eigenvalue weighted by atomic mass is 32.2. The van der Waals surface area contributed by atoms with Crippen LogP contribution in [-0.2, 0) is 16.6 Å². The number of aliphatic hydroxyl groups excluding tert-OH is 1. The second-order valence-electron chi connectivity index (χ2n) is 4.66. The molecule has 0 heterocycles. The van der Waals surface area contributed by atoms with Crippen molar-refractivity contribution in [3.63, 3.8) is 0 Å². The van der Waals surface area contributed by atoms with E-state index in [9.17, 15) is 8.42 Å². The lowest BCUT2D eigenvalue weighted by atomic mass is 10.1. The van der Waals surface area contributed by atoms with Crippen molar-refractivity contribution < 1.29 is 13.5 Å². The lowest BCUT2D eigenvalue weighted by Crippen LogP contribution is -2.40. The molecular weight excluding hydrogens is 226 g/mol. The van der Waals surface area contributed by atoms with Crippen LogP contribution in [0, 0.1) is 0 Å². The minimum absolute atomic E-state index is 0.0903. The molecule has 1 rings (SSSR count). The Morgan fingerprint density at radius 1 is 1.19 bits per heavy atom. The van der Waals surface area contributed by atoms with Crippen LogP contribution >= 0.6 is 0 Å². The zero-order chi connectivity index (χ0) is 12.4. The topological polar surface area (TPSA) is 66.4 Å². The zero-order valence-corrected chi connectivity index (χ0v) is 10.5. The molecule has 0 aromatic heterocycles. The van der Waals surface area contributed by atoms with Crippen LogP contribution in [0.1, 0.15) is 26.3 Å². The van der Waals surface area contributed by atoms with Crippen molar-refractivity contribution in [2.24, 2.45) is 0 Å². The van der Waals surface area contributed by atoms with Gasteiger partial charge >= 0.3 is 0 Å². The summed E-state index contributed by atoms with van der Waals surface area (Å²) in [6, 6.07) is 6.16. The van der Waals surface area contributed by atoms with Gasteiger partial charge in [-0.15, -0.1) is 0 Å². The Morgan fingerprint density at radius 2 is 1.69 bits per heavy atom. The number of rotatable bonds is 3. The lowest BCUT2D eigenvalue weighted by Gasteiger charge is -2.20. The summed E-state index contributed by atoms with van der Waals surface area (Å²) in [5, 5.41) is 8.85. The van der Waals surface area contributed by atoms with Gasteiger partial charge in [0.05, 0.1) is 11.5 Å². The van der Waals surface area contributed by atoms with E-state index in [2.05, 4.69) is 4.72 Å². The first-order valence-corrected chi connectivity index (χ1v) is 6.47. The highest BCUT2D eigenvalue weighted by molar-refractivity contribution is 7.89. The third-order valence-electron chi connectivity index (χ3n) is 1.86. The van der Waals surface area contributed by atoms with Gasteiger partial charge in [-0.2, -0.15) is 0 Å². The molecule has 0 atom stereocenters. The van der Waals surface area contributed by atoms with E-state index < -0.39 is 15.6 Å². The number of hydrogen-bond donors (Lipinski definition) is 2. The van der Waals surface area contributed by atoms with Crippen molar-refractivity contribution in [2.75, 3.05) is 0 Å². The Kier molecular flexibility index (Phi) is 3.72. The van der Waals surface area contributed by atoms with Gasteiger partial charge in [0.15, 0.2) is 0 Å². The predicted molar refractivity (Wildman–Crippen MR) is 62.4 cm³/mol. The van der Waals surface area contributed by atoms with Crippen molar-refractivity contribution in [1.29, 1.82) is 0 Å². The highest BCUT2D eigenvalue weighted by Crippen LogP contribution is 2.13. The molecule has 0 spiro atoms. The number of benzene rings is 1. The molecule has 0 aliphatic rings. The van der Waals surface area contributed by atoms with E-state index in [1.54, 1.807) is 32.9 Å². The molecule has 4 nitrogen and oxygen atoms in total. The summed E-state index contributed by atoms with van der Waals surface area (Å²) in [6.45, 7) is 5.26. The van der Waals surface area contributed by atoms with Gasteiger partial charge in [0, 0.05) is 5.54 Å². The standard InChI is InChI=1S/C11H17NO3S/c1-11(2,3)12-16(14,15)10-6-4-9(8-13)5-7-10/h4-7,12-13H,8H2,1-3H3. The predicted octanol–water partition coefficient (Wildman–Crippen LogP) is 1.26. The molecule has 0 saturated heterocycles. The van der Waals surface area contributed by atoms with Gasteiger partial charge in [-0.3, -0.25) is 0 Å². The second kappa shape index (κ2) is 4.53. The summed E-state index contributed by atoms with van der Waals surface area (Å²) in [7, 11) is -3.47. The average Bonchev–Trinajstić information content (AvgIpc) is 2.14. The van der Waals surface area contributed by atoms with E-state index in [1.807, 2.05) is 0 Å². The second-order valence-corrected chi connectivity index (χ2v) is 6.34. The van der Waals surface area contributed by atoms with Crippen molar-refractivity contribution >= 4 is 10.0 Å². The molecule has 0 aliphatic heterocycles. The molecule has 0 bridgehead atoms. The molecule has 90 valence electrons. The van der Waals surface area contributed by atoms with E-state index in [4.69, 9.17) is 5.11 Å². The van der Waals surface area contributed by atoms with Gasteiger partial charge in [-0.1, -0.05) is 12.1 Å². The maximum absolute atomic E-state index is 11.9.